The Morgan fingerprint density at radius 2 is 1.57 bits per heavy atom. The summed E-state index contributed by atoms with van der Waals surface area (Å²) >= 11 is 0. The van der Waals surface area contributed by atoms with Crippen LogP contribution in [0.5, 0.6) is 0 Å². The van der Waals surface area contributed by atoms with Gasteiger partial charge in [0.05, 0.1) is 4.90 Å². The van der Waals surface area contributed by atoms with Crippen LogP contribution in [0.2, 0.25) is 0 Å². The maximum atomic E-state index is 12.9. The van der Waals surface area contributed by atoms with Crippen LogP contribution in [0, 0.1) is 6.92 Å². The Morgan fingerprint density at radius 3 is 2.21 bits per heavy atom. The van der Waals surface area contributed by atoms with Crippen LogP contribution >= 0.6 is 0 Å². The van der Waals surface area contributed by atoms with E-state index < -0.39 is 21.7 Å². The highest BCUT2D eigenvalue weighted by Gasteiger charge is 2.25. The lowest BCUT2D eigenvalue weighted by atomic mass is 10.1. The largest absolute Gasteiger partial charge is 0.319 e. The maximum Gasteiger partial charge on any atom is 0.296 e. The fraction of sp³-hybridized carbons (Fsp3) is 0.333. The molecule has 1 aliphatic heterocycles. The summed E-state index contributed by atoms with van der Waals surface area (Å²) < 4.78 is 27.3. The molecule has 1 N–H and O–H groups in total. The molecule has 148 valence electrons. The number of nitrogens with zero attached hydrogens (tertiary/aromatic N) is 1. The summed E-state index contributed by atoms with van der Waals surface area (Å²) in [5.41, 5.74) is 1.56. The predicted octanol–water partition coefficient (Wildman–Crippen LogP) is 3.38. The van der Waals surface area contributed by atoms with E-state index in [2.05, 4.69) is 5.32 Å². The molecule has 7 heteroatoms. The molecule has 1 amide bonds. The topological polar surface area (TPSA) is 83.5 Å². The summed E-state index contributed by atoms with van der Waals surface area (Å²) in [5.74, 6) is -1.46. The molecule has 1 saturated heterocycles. The second-order valence-electron chi connectivity index (χ2n) is 7.00. The van der Waals surface area contributed by atoms with E-state index in [4.69, 9.17) is 0 Å². The van der Waals surface area contributed by atoms with Gasteiger partial charge >= 0.3 is 0 Å². The molecule has 0 saturated carbocycles. The highest BCUT2D eigenvalue weighted by Crippen LogP contribution is 2.22. The van der Waals surface area contributed by atoms with Gasteiger partial charge in [0.15, 0.2) is 0 Å². The highest BCUT2D eigenvalue weighted by atomic mass is 32.2. The summed E-state index contributed by atoms with van der Waals surface area (Å²) in [6.07, 6.45) is 3.76. The maximum absolute atomic E-state index is 12.9. The number of benzene rings is 2. The zero-order chi connectivity index (χ0) is 20.1. The van der Waals surface area contributed by atoms with Crippen molar-refractivity contribution in [2.45, 2.75) is 37.5 Å². The van der Waals surface area contributed by atoms with E-state index in [1.54, 1.807) is 36.4 Å². The molecule has 0 atom stereocenters. The molecule has 3 rings (SSSR count). The van der Waals surface area contributed by atoms with Gasteiger partial charge in [-0.05, 0) is 38.0 Å². The molecule has 0 aliphatic carbocycles. The second-order valence-corrected chi connectivity index (χ2v) is 8.93. The first-order chi connectivity index (χ1) is 13.4. The lowest BCUT2D eigenvalue weighted by Gasteiger charge is -2.20. The third-order valence-corrected chi connectivity index (χ3v) is 6.71. The number of Topliss-reactive ketones (excluding diaryl/α,β-unsaturated/α-hetero) is 1. The minimum Gasteiger partial charge on any atom is -0.319 e. The predicted molar refractivity (Wildman–Crippen MR) is 108 cm³/mol. The van der Waals surface area contributed by atoms with Crippen molar-refractivity contribution in [3.05, 3.63) is 59.7 Å². The molecule has 6 nitrogen and oxygen atoms in total. The van der Waals surface area contributed by atoms with Crippen LogP contribution in [0.3, 0.4) is 0 Å². The smallest absolute Gasteiger partial charge is 0.296 e. The van der Waals surface area contributed by atoms with E-state index in [0.717, 1.165) is 31.2 Å². The van der Waals surface area contributed by atoms with Crippen LogP contribution in [0.1, 0.15) is 41.6 Å². The number of amides is 1. The molecule has 0 unspecified atom stereocenters. The van der Waals surface area contributed by atoms with Crippen molar-refractivity contribution in [1.29, 1.82) is 0 Å². The summed E-state index contributed by atoms with van der Waals surface area (Å²) in [7, 11) is -3.62. The van der Waals surface area contributed by atoms with Gasteiger partial charge in [0.1, 0.15) is 0 Å². The first kappa shape index (κ1) is 20.2. The molecule has 0 aromatic heterocycles. The van der Waals surface area contributed by atoms with Crippen molar-refractivity contribution >= 4 is 27.4 Å². The number of aryl methyl sites for hydroxylation is 1. The average molecular weight is 401 g/mol. The summed E-state index contributed by atoms with van der Waals surface area (Å²) in [5, 5.41) is 2.51. The number of rotatable bonds is 5. The van der Waals surface area contributed by atoms with Crippen LogP contribution in [0.25, 0.3) is 0 Å². The lowest BCUT2D eigenvalue weighted by molar-refractivity contribution is -0.112. The van der Waals surface area contributed by atoms with E-state index in [1.165, 1.54) is 16.4 Å². The molecule has 2 aromatic rings. The van der Waals surface area contributed by atoms with Gasteiger partial charge in [0.25, 0.3) is 11.7 Å². The number of anilines is 1. The standard InChI is InChI=1S/C21H24N2O4S/c1-16-9-11-17(12-10-16)20(24)21(25)22-18-7-6-8-19(15-18)28(26,27)23-13-4-2-3-5-14-23/h6-12,15H,2-5,13-14H2,1H3,(H,22,25). The molecular formula is C21H24N2O4S. The zero-order valence-electron chi connectivity index (χ0n) is 15.8. The Kier molecular flexibility index (Phi) is 6.26. The number of hydrogen-bond donors (Lipinski definition) is 1. The summed E-state index contributed by atoms with van der Waals surface area (Å²) in [6.45, 7) is 2.90. The second kappa shape index (κ2) is 8.67. The van der Waals surface area contributed by atoms with Crippen LogP contribution in [0.15, 0.2) is 53.4 Å². The number of ketones is 1. The normalized spacial score (nSPS) is 15.6. The van der Waals surface area contributed by atoms with Gasteiger partial charge < -0.3 is 5.32 Å². The minimum atomic E-state index is -3.62. The minimum absolute atomic E-state index is 0.120. The first-order valence-corrected chi connectivity index (χ1v) is 10.8. The molecule has 0 radical (unpaired) electrons. The molecule has 1 heterocycles. The van der Waals surface area contributed by atoms with Gasteiger partial charge in [-0.1, -0.05) is 48.7 Å². The monoisotopic (exact) mass is 400 g/mol. The fourth-order valence-electron chi connectivity index (χ4n) is 3.19. The Morgan fingerprint density at radius 1 is 0.929 bits per heavy atom. The lowest BCUT2D eigenvalue weighted by Crippen LogP contribution is -2.32. The van der Waals surface area contributed by atoms with Crippen molar-refractivity contribution in [2.75, 3.05) is 18.4 Å². The summed E-state index contributed by atoms with van der Waals surface area (Å²) in [4.78, 5) is 24.7. The SMILES string of the molecule is Cc1ccc(C(=O)C(=O)Nc2cccc(S(=O)(=O)N3CCCCCC3)c2)cc1. The van der Waals surface area contributed by atoms with E-state index in [0.29, 0.717) is 13.1 Å². The van der Waals surface area contributed by atoms with Crippen LogP contribution in [0.4, 0.5) is 5.69 Å². The highest BCUT2D eigenvalue weighted by molar-refractivity contribution is 7.89. The van der Waals surface area contributed by atoms with Gasteiger partial charge in [-0.3, -0.25) is 9.59 Å². The van der Waals surface area contributed by atoms with Crippen LogP contribution in [-0.4, -0.2) is 37.5 Å². The Hall–Kier alpha value is -2.51. The van der Waals surface area contributed by atoms with Crippen molar-refractivity contribution in [1.82, 2.24) is 4.31 Å². The third-order valence-electron chi connectivity index (χ3n) is 4.81. The summed E-state index contributed by atoms with van der Waals surface area (Å²) in [6, 6.07) is 12.8. The van der Waals surface area contributed by atoms with Crippen LogP contribution < -0.4 is 5.32 Å². The molecule has 1 fully saturated rings. The molecule has 2 aromatic carbocycles. The Bertz CT molecular complexity index is 960. The van der Waals surface area contributed by atoms with Crippen molar-refractivity contribution < 1.29 is 18.0 Å². The van der Waals surface area contributed by atoms with E-state index >= 15 is 0 Å². The van der Waals surface area contributed by atoms with E-state index in [-0.39, 0.29) is 16.1 Å². The number of nitrogens with one attached hydrogen (secondary N) is 1. The molecule has 1 aliphatic rings. The van der Waals surface area contributed by atoms with Crippen LogP contribution in [-0.2, 0) is 14.8 Å². The van der Waals surface area contributed by atoms with Gasteiger partial charge in [0.2, 0.25) is 10.0 Å². The number of sulfonamides is 1. The first-order valence-electron chi connectivity index (χ1n) is 9.40. The van der Waals surface area contributed by atoms with Gasteiger partial charge in [-0.15, -0.1) is 0 Å². The Labute approximate surface area is 165 Å². The van der Waals surface area contributed by atoms with Gasteiger partial charge in [-0.2, -0.15) is 4.31 Å². The molecule has 0 bridgehead atoms. The number of carbonyl (C=O) groups excluding carboxylic acids is 2. The van der Waals surface area contributed by atoms with Crippen molar-refractivity contribution in [3.8, 4) is 0 Å². The molecular weight excluding hydrogens is 376 g/mol. The molecule has 28 heavy (non-hydrogen) atoms. The fourth-order valence-corrected chi connectivity index (χ4v) is 4.75. The van der Waals surface area contributed by atoms with Gasteiger partial charge in [-0.25, -0.2) is 8.42 Å². The van der Waals surface area contributed by atoms with E-state index in [1.807, 2.05) is 6.92 Å². The zero-order valence-corrected chi connectivity index (χ0v) is 16.7. The third kappa shape index (κ3) is 4.66. The Balaban J connectivity index is 1.76. The molecule has 0 spiro atoms. The average Bonchev–Trinajstić information content (AvgIpc) is 2.98. The number of hydrogen-bond acceptors (Lipinski definition) is 4. The van der Waals surface area contributed by atoms with Crippen molar-refractivity contribution in [2.24, 2.45) is 0 Å². The quantitative estimate of drug-likeness (QED) is 0.616. The van der Waals surface area contributed by atoms with Crippen molar-refractivity contribution in [3.63, 3.8) is 0 Å². The number of carbonyl (C=O) groups is 2. The van der Waals surface area contributed by atoms with Gasteiger partial charge in [0, 0.05) is 24.3 Å². The van der Waals surface area contributed by atoms with E-state index in [9.17, 15) is 18.0 Å².